The number of halogens is 1. The molecule has 0 bridgehead atoms. The Bertz CT molecular complexity index is 641. The third-order valence-electron chi connectivity index (χ3n) is 2.67. The van der Waals surface area contributed by atoms with E-state index >= 15 is 0 Å². The maximum atomic E-state index is 12.0. The van der Waals surface area contributed by atoms with Crippen LogP contribution in [0, 0.1) is 6.92 Å². The van der Waals surface area contributed by atoms with Crippen molar-refractivity contribution in [3.05, 3.63) is 52.0 Å². The summed E-state index contributed by atoms with van der Waals surface area (Å²) in [6.07, 6.45) is 0. The molecule has 0 saturated heterocycles. The Kier molecular flexibility index (Phi) is 3.76. The van der Waals surface area contributed by atoms with E-state index in [1.807, 2.05) is 0 Å². The fraction of sp³-hybridized carbons (Fsp3) is 0.0714. The summed E-state index contributed by atoms with van der Waals surface area (Å²) >= 11 is 3.16. The quantitative estimate of drug-likeness (QED) is 0.742. The van der Waals surface area contributed by atoms with E-state index in [4.69, 9.17) is 0 Å². The topological polar surface area (TPSA) is 69.6 Å². The van der Waals surface area contributed by atoms with Crippen LogP contribution in [-0.2, 0) is 0 Å². The summed E-state index contributed by atoms with van der Waals surface area (Å²) in [4.78, 5) is 12.0. The molecule has 0 aliphatic heterocycles. The van der Waals surface area contributed by atoms with Crippen LogP contribution in [0.4, 0.5) is 5.69 Å². The zero-order valence-electron chi connectivity index (χ0n) is 10.1. The van der Waals surface area contributed by atoms with Gasteiger partial charge in [0.1, 0.15) is 11.5 Å². The second-order valence-corrected chi connectivity index (χ2v) is 4.97. The van der Waals surface area contributed by atoms with Gasteiger partial charge in [-0.1, -0.05) is 0 Å². The molecule has 0 saturated carbocycles. The van der Waals surface area contributed by atoms with Gasteiger partial charge in [-0.3, -0.25) is 4.79 Å². The monoisotopic (exact) mass is 321 g/mol. The van der Waals surface area contributed by atoms with E-state index in [0.717, 1.165) is 5.56 Å². The lowest BCUT2D eigenvalue weighted by molar-refractivity contribution is 0.102. The van der Waals surface area contributed by atoms with Gasteiger partial charge in [0.05, 0.1) is 4.47 Å². The van der Waals surface area contributed by atoms with Crippen molar-refractivity contribution >= 4 is 27.5 Å². The average Bonchev–Trinajstić information content (AvgIpc) is 2.36. The lowest BCUT2D eigenvalue weighted by Crippen LogP contribution is -2.12. The molecule has 2 rings (SSSR count). The number of hydrogen-bond donors (Lipinski definition) is 3. The first-order valence-electron chi connectivity index (χ1n) is 5.57. The Morgan fingerprint density at radius 1 is 1.16 bits per heavy atom. The second-order valence-electron chi connectivity index (χ2n) is 4.12. The fourth-order valence-electron chi connectivity index (χ4n) is 1.64. The van der Waals surface area contributed by atoms with Crippen molar-refractivity contribution in [1.82, 2.24) is 0 Å². The summed E-state index contributed by atoms with van der Waals surface area (Å²) in [6, 6.07) is 9.29. The minimum absolute atomic E-state index is 0.00933. The largest absolute Gasteiger partial charge is 0.508 e. The number of benzene rings is 2. The van der Waals surface area contributed by atoms with E-state index in [9.17, 15) is 15.0 Å². The highest BCUT2D eigenvalue weighted by Crippen LogP contribution is 2.25. The lowest BCUT2D eigenvalue weighted by atomic mass is 10.1. The van der Waals surface area contributed by atoms with Gasteiger partial charge < -0.3 is 15.5 Å². The van der Waals surface area contributed by atoms with Crippen LogP contribution in [0.1, 0.15) is 15.9 Å². The highest BCUT2D eigenvalue weighted by Gasteiger charge is 2.10. The number of phenols is 2. The molecule has 0 aromatic heterocycles. The molecule has 4 nitrogen and oxygen atoms in total. The molecule has 0 spiro atoms. The van der Waals surface area contributed by atoms with Gasteiger partial charge in [-0.2, -0.15) is 0 Å². The van der Waals surface area contributed by atoms with Crippen LogP contribution in [0.5, 0.6) is 11.5 Å². The molecule has 0 radical (unpaired) electrons. The first-order chi connectivity index (χ1) is 8.97. The van der Waals surface area contributed by atoms with E-state index < -0.39 is 0 Å². The van der Waals surface area contributed by atoms with Crippen molar-refractivity contribution in [2.75, 3.05) is 5.32 Å². The van der Waals surface area contributed by atoms with Crippen LogP contribution in [0.25, 0.3) is 0 Å². The minimum atomic E-state index is -0.323. The summed E-state index contributed by atoms with van der Waals surface area (Å²) in [6.45, 7) is 1.79. The van der Waals surface area contributed by atoms with Crippen LogP contribution in [-0.4, -0.2) is 16.1 Å². The normalized spacial score (nSPS) is 10.2. The Hall–Kier alpha value is -2.01. The summed E-state index contributed by atoms with van der Waals surface area (Å²) in [7, 11) is 0. The van der Waals surface area contributed by atoms with Crippen molar-refractivity contribution in [2.45, 2.75) is 6.92 Å². The molecule has 2 aromatic carbocycles. The van der Waals surface area contributed by atoms with Gasteiger partial charge in [-0.25, -0.2) is 0 Å². The van der Waals surface area contributed by atoms with Gasteiger partial charge in [0.15, 0.2) is 0 Å². The minimum Gasteiger partial charge on any atom is -0.508 e. The number of amides is 1. The number of hydrogen-bond acceptors (Lipinski definition) is 3. The summed E-state index contributed by atoms with van der Waals surface area (Å²) in [5.41, 5.74) is 1.73. The number of aryl methyl sites for hydroxylation is 1. The Morgan fingerprint density at radius 2 is 1.89 bits per heavy atom. The predicted molar refractivity (Wildman–Crippen MR) is 76.6 cm³/mol. The van der Waals surface area contributed by atoms with Gasteiger partial charge in [-0.05, 0) is 64.8 Å². The zero-order valence-corrected chi connectivity index (χ0v) is 11.7. The average molecular weight is 322 g/mol. The molecule has 0 aliphatic carbocycles. The molecule has 1 amide bonds. The van der Waals surface area contributed by atoms with E-state index in [1.165, 1.54) is 12.1 Å². The van der Waals surface area contributed by atoms with Crippen LogP contribution in [0.3, 0.4) is 0 Å². The number of nitrogens with one attached hydrogen (secondary N) is 1. The third kappa shape index (κ3) is 3.06. The molecule has 5 heteroatoms. The number of phenolic OH excluding ortho intramolecular Hbond substituents is 2. The summed E-state index contributed by atoms with van der Waals surface area (Å²) in [5.74, 6) is -0.163. The molecule has 0 aliphatic rings. The van der Waals surface area contributed by atoms with Gasteiger partial charge in [0, 0.05) is 11.3 Å². The number of rotatable bonds is 2. The highest BCUT2D eigenvalue weighted by molar-refractivity contribution is 9.10. The van der Waals surface area contributed by atoms with E-state index in [0.29, 0.717) is 15.7 Å². The first-order valence-corrected chi connectivity index (χ1v) is 6.36. The van der Waals surface area contributed by atoms with Gasteiger partial charge in [0.2, 0.25) is 0 Å². The standard InChI is InChI=1S/C14H12BrNO3/c1-8-6-10(17)3-5-12(8)16-14(19)9-2-4-11(15)13(18)7-9/h2-7,17-18H,1H3,(H,16,19). The Morgan fingerprint density at radius 3 is 2.53 bits per heavy atom. The number of aromatic hydroxyl groups is 2. The van der Waals surface area contributed by atoms with Crippen LogP contribution < -0.4 is 5.32 Å². The van der Waals surface area contributed by atoms with Crippen LogP contribution >= 0.6 is 15.9 Å². The Labute approximate surface area is 118 Å². The molecular formula is C14H12BrNO3. The molecule has 3 N–H and O–H groups in total. The summed E-state index contributed by atoms with van der Waals surface area (Å²) in [5, 5.41) is 21.6. The van der Waals surface area contributed by atoms with Gasteiger partial charge >= 0.3 is 0 Å². The van der Waals surface area contributed by atoms with Crippen LogP contribution in [0.15, 0.2) is 40.9 Å². The van der Waals surface area contributed by atoms with Crippen molar-refractivity contribution in [1.29, 1.82) is 0 Å². The predicted octanol–water partition coefficient (Wildman–Crippen LogP) is 3.42. The second kappa shape index (κ2) is 5.32. The smallest absolute Gasteiger partial charge is 0.255 e. The van der Waals surface area contributed by atoms with E-state index in [1.54, 1.807) is 31.2 Å². The number of carbonyl (C=O) groups excluding carboxylic acids is 1. The molecule has 98 valence electrons. The van der Waals surface area contributed by atoms with Crippen molar-refractivity contribution < 1.29 is 15.0 Å². The van der Waals surface area contributed by atoms with Gasteiger partial charge in [0.25, 0.3) is 5.91 Å². The third-order valence-corrected chi connectivity index (χ3v) is 3.34. The number of carbonyl (C=O) groups is 1. The van der Waals surface area contributed by atoms with Crippen LogP contribution in [0.2, 0.25) is 0 Å². The maximum Gasteiger partial charge on any atom is 0.255 e. The molecule has 0 heterocycles. The maximum absolute atomic E-state index is 12.0. The molecular weight excluding hydrogens is 310 g/mol. The van der Waals surface area contributed by atoms with E-state index in [2.05, 4.69) is 21.2 Å². The highest BCUT2D eigenvalue weighted by atomic mass is 79.9. The SMILES string of the molecule is Cc1cc(O)ccc1NC(=O)c1ccc(Br)c(O)c1. The molecule has 19 heavy (non-hydrogen) atoms. The first kappa shape index (κ1) is 13.4. The fourth-order valence-corrected chi connectivity index (χ4v) is 1.88. The number of anilines is 1. The summed E-state index contributed by atoms with van der Waals surface area (Å²) < 4.78 is 0.532. The van der Waals surface area contributed by atoms with Crippen molar-refractivity contribution in [3.63, 3.8) is 0 Å². The Balaban J connectivity index is 2.23. The lowest BCUT2D eigenvalue weighted by Gasteiger charge is -2.09. The van der Waals surface area contributed by atoms with Gasteiger partial charge in [-0.15, -0.1) is 0 Å². The molecule has 2 aromatic rings. The molecule has 0 fully saturated rings. The molecule has 0 unspecified atom stereocenters. The van der Waals surface area contributed by atoms with Crippen molar-refractivity contribution in [2.24, 2.45) is 0 Å². The molecule has 0 atom stereocenters. The zero-order chi connectivity index (χ0) is 14.0. The van der Waals surface area contributed by atoms with E-state index in [-0.39, 0.29) is 17.4 Å². The van der Waals surface area contributed by atoms with Crippen molar-refractivity contribution in [3.8, 4) is 11.5 Å².